The second-order valence-corrected chi connectivity index (χ2v) is 5.11. The van der Waals surface area contributed by atoms with Gasteiger partial charge in [0.1, 0.15) is 0 Å². The number of urea groups is 1. The molecule has 0 saturated heterocycles. The number of carbonyl (C=O) groups is 3. The summed E-state index contributed by atoms with van der Waals surface area (Å²) in [5.74, 6) is -1.71. The van der Waals surface area contributed by atoms with Gasteiger partial charge < -0.3 is 5.11 Å². The lowest BCUT2D eigenvalue weighted by molar-refractivity contribution is -0.149. The lowest BCUT2D eigenvalue weighted by Crippen LogP contribution is -2.43. The highest BCUT2D eigenvalue weighted by Gasteiger charge is 2.31. The van der Waals surface area contributed by atoms with Crippen LogP contribution in [0.25, 0.3) is 0 Å². The highest BCUT2D eigenvalue weighted by Crippen LogP contribution is 2.20. The predicted molar refractivity (Wildman–Crippen MR) is 74.4 cm³/mol. The number of carboxylic acid groups (broad SMARTS) is 1. The van der Waals surface area contributed by atoms with Gasteiger partial charge in [0, 0.05) is 19.2 Å². The summed E-state index contributed by atoms with van der Waals surface area (Å²) in [6.45, 7) is 2.86. The highest BCUT2D eigenvalue weighted by atomic mass is 16.4. The quantitative estimate of drug-likeness (QED) is 0.880. The van der Waals surface area contributed by atoms with Crippen molar-refractivity contribution in [1.29, 1.82) is 0 Å². The highest BCUT2D eigenvalue weighted by molar-refractivity contribution is 6.03. The molecule has 108 valence electrons. The van der Waals surface area contributed by atoms with Crippen molar-refractivity contribution in [1.82, 2.24) is 5.32 Å². The SMILES string of the molecule is CN(C(=O)NC(=O)CC(C)(C)C(=O)O)c1ccccc1. The number of nitrogens with one attached hydrogen (secondary N) is 1. The number of benzene rings is 1. The summed E-state index contributed by atoms with van der Waals surface area (Å²) < 4.78 is 0. The van der Waals surface area contributed by atoms with Crippen LogP contribution in [0.5, 0.6) is 0 Å². The van der Waals surface area contributed by atoms with Crippen LogP contribution in [0.3, 0.4) is 0 Å². The first-order valence-electron chi connectivity index (χ1n) is 6.10. The van der Waals surface area contributed by atoms with Crippen molar-refractivity contribution in [2.24, 2.45) is 5.41 Å². The molecular formula is C14H18N2O4. The molecule has 0 aliphatic rings. The lowest BCUT2D eigenvalue weighted by Gasteiger charge is -2.20. The first-order valence-corrected chi connectivity index (χ1v) is 6.10. The fraction of sp³-hybridized carbons (Fsp3) is 0.357. The third-order valence-electron chi connectivity index (χ3n) is 2.88. The van der Waals surface area contributed by atoms with E-state index < -0.39 is 23.3 Å². The molecule has 1 rings (SSSR count). The molecule has 3 amide bonds. The Morgan fingerprint density at radius 2 is 1.75 bits per heavy atom. The van der Waals surface area contributed by atoms with Crippen LogP contribution >= 0.6 is 0 Å². The van der Waals surface area contributed by atoms with Crippen LogP contribution in [-0.4, -0.2) is 30.1 Å². The van der Waals surface area contributed by atoms with E-state index in [1.54, 1.807) is 24.3 Å². The van der Waals surface area contributed by atoms with Gasteiger partial charge >= 0.3 is 12.0 Å². The molecule has 0 aliphatic heterocycles. The summed E-state index contributed by atoms with van der Waals surface area (Å²) in [7, 11) is 1.53. The second-order valence-electron chi connectivity index (χ2n) is 5.11. The summed E-state index contributed by atoms with van der Waals surface area (Å²) in [5.41, 5.74) is -0.578. The molecule has 0 bridgehead atoms. The van der Waals surface area contributed by atoms with Crippen LogP contribution in [0, 0.1) is 5.41 Å². The van der Waals surface area contributed by atoms with E-state index in [4.69, 9.17) is 5.11 Å². The molecule has 0 aliphatic carbocycles. The van der Waals surface area contributed by atoms with Crippen LogP contribution in [0.2, 0.25) is 0 Å². The molecule has 0 heterocycles. The number of nitrogens with zero attached hydrogens (tertiary/aromatic N) is 1. The molecule has 0 radical (unpaired) electrons. The molecule has 6 nitrogen and oxygen atoms in total. The van der Waals surface area contributed by atoms with Gasteiger partial charge in [-0.1, -0.05) is 18.2 Å². The van der Waals surface area contributed by atoms with E-state index in [0.29, 0.717) is 5.69 Å². The Hall–Kier alpha value is -2.37. The zero-order chi connectivity index (χ0) is 15.3. The number of amides is 3. The van der Waals surface area contributed by atoms with Gasteiger partial charge in [0.05, 0.1) is 5.41 Å². The minimum absolute atomic E-state index is 0.267. The Labute approximate surface area is 117 Å². The molecule has 0 atom stereocenters. The average Bonchev–Trinajstić information content (AvgIpc) is 2.37. The summed E-state index contributed by atoms with van der Waals surface area (Å²) in [6, 6.07) is 8.22. The van der Waals surface area contributed by atoms with E-state index in [1.807, 2.05) is 6.07 Å². The van der Waals surface area contributed by atoms with Crippen LogP contribution < -0.4 is 10.2 Å². The molecule has 6 heteroatoms. The van der Waals surface area contributed by atoms with Gasteiger partial charge in [0.25, 0.3) is 0 Å². The van der Waals surface area contributed by atoms with Crippen LogP contribution in [-0.2, 0) is 9.59 Å². The van der Waals surface area contributed by atoms with Gasteiger partial charge in [-0.3, -0.25) is 19.8 Å². The Bertz CT molecular complexity index is 511. The molecule has 0 unspecified atom stereocenters. The largest absolute Gasteiger partial charge is 0.481 e. The van der Waals surface area contributed by atoms with Gasteiger partial charge in [-0.05, 0) is 26.0 Å². The van der Waals surface area contributed by atoms with E-state index in [1.165, 1.54) is 25.8 Å². The average molecular weight is 278 g/mol. The Balaban J connectivity index is 2.63. The molecule has 20 heavy (non-hydrogen) atoms. The zero-order valence-corrected chi connectivity index (χ0v) is 11.7. The van der Waals surface area contributed by atoms with E-state index in [2.05, 4.69) is 5.32 Å². The van der Waals surface area contributed by atoms with Crippen molar-refractivity contribution in [2.75, 3.05) is 11.9 Å². The van der Waals surface area contributed by atoms with E-state index in [9.17, 15) is 14.4 Å². The van der Waals surface area contributed by atoms with E-state index in [-0.39, 0.29) is 6.42 Å². The minimum Gasteiger partial charge on any atom is -0.481 e. The topological polar surface area (TPSA) is 86.7 Å². The molecular weight excluding hydrogens is 260 g/mol. The van der Waals surface area contributed by atoms with E-state index in [0.717, 1.165) is 0 Å². The molecule has 0 spiro atoms. The molecule has 1 aromatic rings. The van der Waals surface area contributed by atoms with Crippen LogP contribution in [0.4, 0.5) is 10.5 Å². The number of rotatable bonds is 4. The van der Waals surface area contributed by atoms with Crippen LogP contribution in [0.1, 0.15) is 20.3 Å². The van der Waals surface area contributed by atoms with Gasteiger partial charge in [0.15, 0.2) is 0 Å². The summed E-state index contributed by atoms with van der Waals surface area (Å²) in [5, 5.41) is 11.1. The first kappa shape index (κ1) is 15.7. The monoisotopic (exact) mass is 278 g/mol. The normalized spacial score (nSPS) is 10.8. The smallest absolute Gasteiger partial charge is 0.328 e. The first-order chi connectivity index (χ1) is 9.24. The number of carboxylic acids is 1. The standard InChI is InChI=1S/C14H18N2O4/c1-14(2,12(18)19)9-11(17)15-13(20)16(3)10-7-5-4-6-8-10/h4-8H,9H2,1-3H3,(H,18,19)(H,15,17,20). The Morgan fingerprint density at radius 1 is 1.20 bits per heavy atom. The van der Waals surface area contributed by atoms with Crippen molar-refractivity contribution in [3.63, 3.8) is 0 Å². The van der Waals surface area contributed by atoms with Gasteiger partial charge in [0.2, 0.25) is 5.91 Å². The molecule has 2 N–H and O–H groups in total. The Morgan fingerprint density at radius 3 is 2.25 bits per heavy atom. The fourth-order valence-electron chi connectivity index (χ4n) is 1.49. The number of hydrogen-bond acceptors (Lipinski definition) is 3. The van der Waals surface area contributed by atoms with Gasteiger partial charge in [-0.15, -0.1) is 0 Å². The zero-order valence-electron chi connectivity index (χ0n) is 11.7. The van der Waals surface area contributed by atoms with Crippen molar-refractivity contribution in [3.05, 3.63) is 30.3 Å². The maximum atomic E-state index is 11.9. The number of imide groups is 1. The maximum Gasteiger partial charge on any atom is 0.328 e. The second kappa shape index (κ2) is 6.18. The minimum atomic E-state index is -1.21. The number of carbonyl (C=O) groups excluding carboxylic acids is 2. The number of para-hydroxylation sites is 1. The summed E-state index contributed by atoms with van der Waals surface area (Å²) >= 11 is 0. The molecule has 1 aromatic carbocycles. The van der Waals surface area contributed by atoms with Crippen molar-refractivity contribution in [3.8, 4) is 0 Å². The predicted octanol–water partition coefficient (Wildman–Crippen LogP) is 1.86. The van der Waals surface area contributed by atoms with Gasteiger partial charge in [-0.2, -0.15) is 0 Å². The maximum absolute atomic E-state index is 11.9. The number of anilines is 1. The van der Waals surface area contributed by atoms with Crippen molar-refractivity contribution >= 4 is 23.6 Å². The Kier molecular flexibility index (Phi) is 4.85. The van der Waals surface area contributed by atoms with Crippen molar-refractivity contribution in [2.45, 2.75) is 20.3 Å². The third kappa shape index (κ3) is 4.08. The number of hydrogen-bond donors (Lipinski definition) is 2. The molecule has 0 saturated carbocycles. The van der Waals surface area contributed by atoms with Crippen LogP contribution in [0.15, 0.2) is 30.3 Å². The summed E-state index contributed by atoms with van der Waals surface area (Å²) in [6.07, 6.45) is -0.267. The fourth-order valence-corrected chi connectivity index (χ4v) is 1.49. The molecule has 0 fully saturated rings. The summed E-state index contributed by atoms with van der Waals surface area (Å²) in [4.78, 5) is 35.7. The lowest BCUT2D eigenvalue weighted by atomic mass is 9.89. The van der Waals surface area contributed by atoms with E-state index >= 15 is 0 Å². The number of aliphatic carboxylic acids is 1. The molecule has 0 aromatic heterocycles. The van der Waals surface area contributed by atoms with Gasteiger partial charge in [-0.25, -0.2) is 4.79 Å². The third-order valence-corrected chi connectivity index (χ3v) is 2.88. The van der Waals surface area contributed by atoms with Crippen molar-refractivity contribution < 1.29 is 19.5 Å².